The largest absolute Gasteiger partial charge is 0.348 e. The Bertz CT molecular complexity index is 597. The molecule has 0 spiro atoms. The zero-order chi connectivity index (χ0) is 10.8. The Morgan fingerprint density at radius 2 is 1.88 bits per heavy atom. The Kier molecular flexibility index (Phi) is 2.18. The predicted octanol–water partition coefficient (Wildman–Crippen LogP) is 3.15. The molecule has 2 nitrogen and oxygen atoms in total. The van der Waals surface area contributed by atoms with Crippen LogP contribution in [0.1, 0.15) is 11.4 Å². The van der Waals surface area contributed by atoms with Crippen molar-refractivity contribution < 1.29 is 0 Å². The standard InChI is InChI=1S/C14H12N2/c1-2-4-13-9-11(5-6-12(13)3-1)10-14-15-7-8-16-14/h1-9H,10H2,(H,15,16). The molecule has 0 radical (unpaired) electrons. The highest BCUT2D eigenvalue weighted by Gasteiger charge is 1.99. The van der Waals surface area contributed by atoms with Crippen molar-refractivity contribution in [3.8, 4) is 0 Å². The van der Waals surface area contributed by atoms with Crippen molar-refractivity contribution in [3.63, 3.8) is 0 Å². The summed E-state index contributed by atoms with van der Waals surface area (Å²) in [6, 6.07) is 14.9. The van der Waals surface area contributed by atoms with Crippen LogP contribution in [0.4, 0.5) is 0 Å². The fourth-order valence-corrected chi connectivity index (χ4v) is 1.94. The molecule has 0 amide bonds. The number of aromatic amines is 1. The molecule has 0 fully saturated rings. The zero-order valence-corrected chi connectivity index (χ0v) is 8.85. The number of fused-ring (bicyclic) bond motifs is 1. The van der Waals surface area contributed by atoms with Gasteiger partial charge in [-0.05, 0) is 16.3 Å². The van der Waals surface area contributed by atoms with Gasteiger partial charge in [-0.3, -0.25) is 0 Å². The normalized spacial score (nSPS) is 10.8. The maximum atomic E-state index is 4.24. The average molecular weight is 208 g/mol. The minimum Gasteiger partial charge on any atom is -0.348 e. The number of imidazole rings is 1. The van der Waals surface area contributed by atoms with Gasteiger partial charge in [0.25, 0.3) is 0 Å². The van der Waals surface area contributed by atoms with Crippen molar-refractivity contribution in [1.29, 1.82) is 0 Å². The van der Waals surface area contributed by atoms with Gasteiger partial charge in [-0.1, -0.05) is 42.5 Å². The van der Waals surface area contributed by atoms with Gasteiger partial charge in [-0.2, -0.15) is 0 Å². The van der Waals surface area contributed by atoms with E-state index in [9.17, 15) is 0 Å². The van der Waals surface area contributed by atoms with E-state index < -0.39 is 0 Å². The van der Waals surface area contributed by atoms with Gasteiger partial charge < -0.3 is 4.98 Å². The second-order valence-electron chi connectivity index (χ2n) is 3.89. The molecule has 78 valence electrons. The molecule has 0 saturated carbocycles. The SMILES string of the molecule is c1ccc2cc(Cc3ncc[nH]3)ccc2c1. The molecule has 3 rings (SSSR count). The van der Waals surface area contributed by atoms with Crippen molar-refractivity contribution in [2.45, 2.75) is 6.42 Å². The molecule has 2 aromatic carbocycles. The van der Waals surface area contributed by atoms with Crippen molar-refractivity contribution in [1.82, 2.24) is 9.97 Å². The fraction of sp³-hybridized carbons (Fsp3) is 0.0714. The smallest absolute Gasteiger partial charge is 0.110 e. The Morgan fingerprint density at radius 1 is 1.00 bits per heavy atom. The molecule has 0 aliphatic heterocycles. The molecule has 0 aliphatic carbocycles. The second kappa shape index (κ2) is 3.81. The Hall–Kier alpha value is -2.09. The summed E-state index contributed by atoms with van der Waals surface area (Å²) >= 11 is 0. The number of hydrogen-bond acceptors (Lipinski definition) is 1. The van der Waals surface area contributed by atoms with E-state index in [0.717, 1.165) is 12.2 Å². The highest BCUT2D eigenvalue weighted by atomic mass is 14.9. The summed E-state index contributed by atoms with van der Waals surface area (Å²) in [5.41, 5.74) is 1.29. The van der Waals surface area contributed by atoms with Crippen molar-refractivity contribution >= 4 is 10.8 Å². The van der Waals surface area contributed by atoms with Gasteiger partial charge in [0.15, 0.2) is 0 Å². The van der Waals surface area contributed by atoms with E-state index in [1.165, 1.54) is 16.3 Å². The Labute approximate surface area is 94.0 Å². The van der Waals surface area contributed by atoms with Crippen LogP contribution in [0.25, 0.3) is 10.8 Å². The van der Waals surface area contributed by atoms with Crippen LogP contribution in [0.5, 0.6) is 0 Å². The molecule has 3 aromatic rings. The predicted molar refractivity (Wildman–Crippen MR) is 65.3 cm³/mol. The Balaban J connectivity index is 1.99. The molecule has 0 atom stereocenters. The zero-order valence-electron chi connectivity index (χ0n) is 8.85. The lowest BCUT2D eigenvalue weighted by Gasteiger charge is -2.01. The maximum Gasteiger partial charge on any atom is 0.110 e. The minimum absolute atomic E-state index is 0.859. The van der Waals surface area contributed by atoms with Crippen LogP contribution in [0, 0.1) is 0 Å². The Morgan fingerprint density at radius 3 is 2.69 bits per heavy atom. The van der Waals surface area contributed by atoms with Crippen LogP contribution < -0.4 is 0 Å². The highest BCUT2D eigenvalue weighted by Crippen LogP contribution is 2.16. The summed E-state index contributed by atoms with van der Waals surface area (Å²) in [5, 5.41) is 2.57. The molecule has 0 aliphatic rings. The summed E-state index contributed by atoms with van der Waals surface area (Å²) < 4.78 is 0. The maximum absolute atomic E-state index is 4.24. The monoisotopic (exact) mass is 208 g/mol. The summed E-state index contributed by atoms with van der Waals surface area (Å²) in [7, 11) is 0. The molecular weight excluding hydrogens is 196 g/mol. The molecule has 0 unspecified atom stereocenters. The number of nitrogens with one attached hydrogen (secondary N) is 1. The second-order valence-corrected chi connectivity index (χ2v) is 3.89. The van der Waals surface area contributed by atoms with E-state index in [1.54, 1.807) is 6.20 Å². The quantitative estimate of drug-likeness (QED) is 0.688. The number of benzene rings is 2. The lowest BCUT2D eigenvalue weighted by Crippen LogP contribution is -1.90. The molecule has 0 bridgehead atoms. The van der Waals surface area contributed by atoms with Gasteiger partial charge in [0.2, 0.25) is 0 Å². The third kappa shape index (κ3) is 1.70. The first kappa shape index (κ1) is 9.16. The van der Waals surface area contributed by atoms with Gasteiger partial charge in [-0.15, -0.1) is 0 Å². The first-order valence-electron chi connectivity index (χ1n) is 5.38. The molecule has 1 heterocycles. The molecule has 1 aromatic heterocycles. The van der Waals surface area contributed by atoms with E-state index in [-0.39, 0.29) is 0 Å². The van der Waals surface area contributed by atoms with Gasteiger partial charge >= 0.3 is 0 Å². The van der Waals surface area contributed by atoms with E-state index in [0.29, 0.717) is 0 Å². The van der Waals surface area contributed by atoms with Crippen LogP contribution in [-0.2, 0) is 6.42 Å². The molecular formula is C14H12N2. The van der Waals surface area contributed by atoms with Crippen LogP contribution >= 0.6 is 0 Å². The lowest BCUT2D eigenvalue weighted by atomic mass is 10.1. The molecule has 1 N–H and O–H groups in total. The van der Waals surface area contributed by atoms with Crippen LogP contribution in [-0.4, -0.2) is 9.97 Å². The summed E-state index contributed by atoms with van der Waals surface area (Å²) in [6.07, 6.45) is 4.50. The number of hydrogen-bond donors (Lipinski definition) is 1. The van der Waals surface area contributed by atoms with Crippen molar-refractivity contribution in [3.05, 3.63) is 66.2 Å². The molecule has 16 heavy (non-hydrogen) atoms. The van der Waals surface area contributed by atoms with Gasteiger partial charge in [0, 0.05) is 18.8 Å². The third-order valence-corrected chi connectivity index (χ3v) is 2.74. The van der Waals surface area contributed by atoms with Gasteiger partial charge in [-0.25, -0.2) is 4.98 Å². The summed E-state index contributed by atoms with van der Waals surface area (Å²) in [4.78, 5) is 7.36. The van der Waals surface area contributed by atoms with Gasteiger partial charge in [0.05, 0.1) is 0 Å². The minimum atomic E-state index is 0.859. The average Bonchev–Trinajstić information content (AvgIpc) is 2.82. The first-order chi connectivity index (χ1) is 7.92. The fourth-order valence-electron chi connectivity index (χ4n) is 1.94. The number of H-pyrrole nitrogens is 1. The van der Waals surface area contributed by atoms with E-state index in [2.05, 4.69) is 52.4 Å². The van der Waals surface area contributed by atoms with Gasteiger partial charge in [0.1, 0.15) is 5.82 Å². The summed E-state index contributed by atoms with van der Waals surface area (Å²) in [5.74, 6) is 1.01. The number of aromatic nitrogens is 2. The summed E-state index contributed by atoms with van der Waals surface area (Å²) in [6.45, 7) is 0. The number of nitrogens with zero attached hydrogens (tertiary/aromatic N) is 1. The molecule has 2 heteroatoms. The van der Waals surface area contributed by atoms with E-state index in [1.807, 2.05) is 6.20 Å². The highest BCUT2D eigenvalue weighted by molar-refractivity contribution is 5.83. The van der Waals surface area contributed by atoms with E-state index >= 15 is 0 Å². The van der Waals surface area contributed by atoms with E-state index in [4.69, 9.17) is 0 Å². The first-order valence-corrected chi connectivity index (χ1v) is 5.38. The van der Waals surface area contributed by atoms with Crippen molar-refractivity contribution in [2.24, 2.45) is 0 Å². The number of rotatable bonds is 2. The topological polar surface area (TPSA) is 28.7 Å². The molecule has 0 saturated heterocycles. The third-order valence-electron chi connectivity index (χ3n) is 2.74. The lowest BCUT2D eigenvalue weighted by molar-refractivity contribution is 1.03. The van der Waals surface area contributed by atoms with Crippen LogP contribution in [0.15, 0.2) is 54.9 Å². The van der Waals surface area contributed by atoms with Crippen molar-refractivity contribution in [2.75, 3.05) is 0 Å². The van der Waals surface area contributed by atoms with Crippen LogP contribution in [0.2, 0.25) is 0 Å². The van der Waals surface area contributed by atoms with Crippen LogP contribution in [0.3, 0.4) is 0 Å².